The molecule has 0 saturated heterocycles. The lowest BCUT2D eigenvalue weighted by molar-refractivity contribution is 0.244. The van der Waals surface area contributed by atoms with Crippen molar-refractivity contribution in [2.45, 2.75) is 58.0 Å². The standard InChI is InChI=1S/C17H27NO2S/c1-15(13-16-9-5-3-6-10-16)18(21(2,19)20)14-17-11-7-4-8-12-17/h4,7-8,11-12,15-16H,3,5-6,9-10,13-14H2,1-2H3/t15-/m0/s1. The van der Waals surface area contributed by atoms with Gasteiger partial charge in [-0.15, -0.1) is 0 Å². The third-order valence-corrected chi connectivity index (χ3v) is 5.84. The summed E-state index contributed by atoms with van der Waals surface area (Å²) in [6.45, 7) is 2.53. The number of hydrogen-bond donors (Lipinski definition) is 0. The highest BCUT2D eigenvalue weighted by molar-refractivity contribution is 7.88. The summed E-state index contributed by atoms with van der Waals surface area (Å²) in [6, 6.07) is 9.93. The zero-order valence-corrected chi connectivity index (χ0v) is 14.0. The van der Waals surface area contributed by atoms with Gasteiger partial charge in [-0.2, -0.15) is 4.31 Å². The molecule has 0 aromatic heterocycles. The van der Waals surface area contributed by atoms with E-state index in [9.17, 15) is 8.42 Å². The molecule has 0 amide bonds. The molecule has 1 atom stereocenters. The number of rotatable bonds is 6. The Labute approximate surface area is 129 Å². The molecule has 21 heavy (non-hydrogen) atoms. The highest BCUT2D eigenvalue weighted by Gasteiger charge is 2.26. The fraction of sp³-hybridized carbons (Fsp3) is 0.647. The Balaban J connectivity index is 2.05. The van der Waals surface area contributed by atoms with Crippen LogP contribution in [0.2, 0.25) is 0 Å². The minimum absolute atomic E-state index is 0.0725. The van der Waals surface area contributed by atoms with Crippen molar-refractivity contribution in [3.8, 4) is 0 Å². The maximum Gasteiger partial charge on any atom is 0.211 e. The summed E-state index contributed by atoms with van der Waals surface area (Å²) in [5, 5.41) is 0. The molecule has 0 spiro atoms. The van der Waals surface area contributed by atoms with Crippen LogP contribution in [-0.4, -0.2) is 25.0 Å². The molecule has 118 valence electrons. The van der Waals surface area contributed by atoms with E-state index in [1.54, 1.807) is 4.31 Å². The van der Waals surface area contributed by atoms with Gasteiger partial charge in [0.05, 0.1) is 6.26 Å². The third kappa shape index (κ3) is 5.11. The first-order chi connectivity index (χ1) is 9.97. The van der Waals surface area contributed by atoms with E-state index in [1.807, 2.05) is 30.3 Å². The molecule has 0 unspecified atom stereocenters. The molecule has 1 aromatic carbocycles. The molecule has 3 nitrogen and oxygen atoms in total. The van der Waals surface area contributed by atoms with Gasteiger partial charge in [-0.1, -0.05) is 62.4 Å². The number of benzene rings is 1. The fourth-order valence-electron chi connectivity index (χ4n) is 3.39. The number of sulfonamides is 1. The molecule has 0 heterocycles. The molecular formula is C17H27NO2S. The van der Waals surface area contributed by atoms with Crippen LogP contribution in [0.25, 0.3) is 0 Å². The first-order valence-corrected chi connectivity index (χ1v) is 9.82. The van der Waals surface area contributed by atoms with Gasteiger partial charge < -0.3 is 0 Å². The highest BCUT2D eigenvalue weighted by atomic mass is 32.2. The van der Waals surface area contributed by atoms with E-state index in [1.165, 1.54) is 38.4 Å². The minimum Gasteiger partial charge on any atom is -0.212 e. The summed E-state index contributed by atoms with van der Waals surface area (Å²) in [5.74, 6) is 0.689. The quantitative estimate of drug-likeness (QED) is 0.801. The van der Waals surface area contributed by atoms with Crippen molar-refractivity contribution in [2.75, 3.05) is 6.26 Å². The van der Waals surface area contributed by atoms with Crippen molar-refractivity contribution in [2.24, 2.45) is 5.92 Å². The summed E-state index contributed by atoms with van der Waals surface area (Å²) in [4.78, 5) is 0. The molecule has 0 aliphatic heterocycles. The largest absolute Gasteiger partial charge is 0.212 e. The molecular weight excluding hydrogens is 282 g/mol. The minimum atomic E-state index is -3.18. The van der Waals surface area contributed by atoms with Gasteiger partial charge in [0.2, 0.25) is 10.0 Å². The van der Waals surface area contributed by atoms with Crippen LogP contribution in [0.5, 0.6) is 0 Å². The molecule has 0 N–H and O–H groups in total. The van der Waals surface area contributed by atoms with Crippen molar-refractivity contribution < 1.29 is 8.42 Å². The van der Waals surface area contributed by atoms with Crippen molar-refractivity contribution in [3.63, 3.8) is 0 Å². The second-order valence-corrected chi connectivity index (χ2v) is 8.32. The van der Waals surface area contributed by atoms with E-state index in [-0.39, 0.29) is 6.04 Å². The Morgan fingerprint density at radius 1 is 1.14 bits per heavy atom. The zero-order chi connectivity index (χ0) is 15.3. The van der Waals surface area contributed by atoms with Gasteiger partial charge >= 0.3 is 0 Å². The van der Waals surface area contributed by atoms with E-state index in [0.29, 0.717) is 12.5 Å². The average Bonchev–Trinajstić information content (AvgIpc) is 2.45. The van der Waals surface area contributed by atoms with Crippen molar-refractivity contribution in [1.82, 2.24) is 4.31 Å². The Morgan fingerprint density at radius 3 is 2.33 bits per heavy atom. The third-order valence-electron chi connectivity index (χ3n) is 4.50. The monoisotopic (exact) mass is 309 g/mol. The maximum absolute atomic E-state index is 12.1. The van der Waals surface area contributed by atoms with Crippen LogP contribution in [0.1, 0.15) is 51.0 Å². The Morgan fingerprint density at radius 2 is 1.76 bits per heavy atom. The average molecular weight is 309 g/mol. The van der Waals surface area contributed by atoms with Gasteiger partial charge in [-0.05, 0) is 24.8 Å². The molecule has 0 bridgehead atoms. The van der Waals surface area contributed by atoms with Gasteiger partial charge in [0, 0.05) is 12.6 Å². The van der Waals surface area contributed by atoms with Crippen LogP contribution >= 0.6 is 0 Å². The molecule has 0 radical (unpaired) electrons. The van der Waals surface area contributed by atoms with Gasteiger partial charge in [0.1, 0.15) is 0 Å². The van der Waals surface area contributed by atoms with E-state index in [2.05, 4.69) is 6.92 Å². The molecule has 1 aliphatic rings. The lowest BCUT2D eigenvalue weighted by Gasteiger charge is -2.31. The van der Waals surface area contributed by atoms with Crippen LogP contribution in [0.15, 0.2) is 30.3 Å². The molecule has 1 saturated carbocycles. The van der Waals surface area contributed by atoms with Crippen LogP contribution in [0.4, 0.5) is 0 Å². The molecule has 2 rings (SSSR count). The maximum atomic E-state index is 12.1. The van der Waals surface area contributed by atoms with Crippen LogP contribution in [0, 0.1) is 5.92 Å². The lowest BCUT2D eigenvalue weighted by atomic mass is 9.85. The highest BCUT2D eigenvalue weighted by Crippen LogP contribution is 2.29. The topological polar surface area (TPSA) is 37.4 Å². The summed E-state index contributed by atoms with van der Waals surface area (Å²) in [5.41, 5.74) is 1.05. The summed E-state index contributed by atoms with van der Waals surface area (Å²) in [6.07, 6.45) is 8.77. The molecule has 4 heteroatoms. The first-order valence-electron chi connectivity index (χ1n) is 7.97. The van der Waals surface area contributed by atoms with Gasteiger partial charge in [-0.3, -0.25) is 0 Å². The van der Waals surface area contributed by atoms with Gasteiger partial charge in [0.15, 0.2) is 0 Å². The Bertz CT molecular complexity index is 521. The van der Waals surface area contributed by atoms with E-state index < -0.39 is 10.0 Å². The van der Waals surface area contributed by atoms with Crippen LogP contribution in [0.3, 0.4) is 0 Å². The van der Waals surface area contributed by atoms with Gasteiger partial charge in [0.25, 0.3) is 0 Å². The Kier molecular flexibility index (Phi) is 5.82. The fourth-order valence-corrected chi connectivity index (χ4v) is 4.51. The summed E-state index contributed by atoms with van der Waals surface area (Å²) >= 11 is 0. The molecule has 1 fully saturated rings. The Hall–Kier alpha value is -0.870. The van der Waals surface area contributed by atoms with E-state index >= 15 is 0 Å². The second kappa shape index (κ2) is 7.41. The van der Waals surface area contributed by atoms with Crippen molar-refractivity contribution >= 4 is 10.0 Å². The SMILES string of the molecule is C[C@@H](CC1CCCCC1)N(Cc1ccccc1)S(C)(=O)=O. The first kappa shape index (κ1) is 16.5. The second-order valence-electron chi connectivity index (χ2n) is 6.38. The lowest BCUT2D eigenvalue weighted by Crippen LogP contribution is -2.38. The molecule has 1 aliphatic carbocycles. The predicted molar refractivity (Wildman–Crippen MR) is 87.5 cm³/mol. The van der Waals surface area contributed by atoms with E-state index in [4.69, 9.17) is 0 Å². The smallest absolute Gasteiger partial charge is 0.211 e. The normalized spacial score (nSPS) is 18.8. The summed E-state index contributed by atoms with van der Waals surface area (Å²) in [7, 11) is -3.18. The van der Waals surface area contributed by atoms with Crippen LogP contribution < -0.4 is 0 Å². The number of nitrogens with zero attached hydrogens (tertiary/aromatic N) is 1. The van der Waals surface area contributed by atoms with Gasteiger partial charge in [-0.25, -0.2) is 8.42 Å². The zero-order valence-electron chi connectivity index (χ0n) is 13.2. The number of hydrogen-bond acceptors (Lipinski definition) is 2. The van der Waals surface area contributed by atoms with E-state index in [0.717, 1.165) is 12.0 Å². The van der Waals surface area contributed by atoms with Crippen molar-refractivity contribution in [1.29, 1.82) is 0 Å². The predicted octanol–water partition coefficient (Wildman–Crippen LogP) is 3.81. The molecule has 1 aromatic rings. The van der Waals surface area contributed by atoms with Crippen LogP contribution in [-0.2, 0) is 16.6 Å². The van der Waals surface area contributed by atoms with Crippen molar-refractivity contribution in [3.05, 3.63) is 35.9 Å². The summed E-state index contributed by atoms with van der Waals surface area (Å²) < 4.78 is 26.0.